The van der Waals surface area contributed by atoms with Gasteiger partial charge in [0.05, 0.1) is 17.6 Å². The van der Waals surface area contributed by atoms with Gasteiger partial charge in [0.15, 0.2) is 5.65 Å². The molecule has 10 heteroatoms. The van der Waals surface area contributed by atoms with Crippen LogP contribution >= 0.6 is 0 Å². The van der Waals surface area contributed by atoms with Crippen molar-refractivity contribution < 1.29 is 4.79 Å². The number of fused-ring (bicyclic) bond motifs is 1. The van der Waals surface area contributed by atoms with Crippen molar-refractivity contribution >= 4 is 40.3 Å². The zero-order valence-electron chi connectivity index (χ0n) is 19.7. The average Bonchev–Trinajstić information content (AvgIpc) is 3.30. The lowest BCUT2D eigenvalue weighted by Crippen LogP contribution is -2.31. The number of carbonyl (C=O) groups excluding carboxylic acids is 1. The Morgan fingerprint density at radius 2 is 2.06 bits per heavy atom. The summed E-state index contributed by atoms with van der Waals surface area (Å²) in [6.07, 6.45) is 4.85. The first kappa shape index (κ1) is 22.0. The first-order chi connectivity index (χ1) is 16.4. The second kappa shape index (κ2) is 8.83. The van der Waals surface area contributed by atoms with Gasteiger partial charge in [-0.05, 0) is 51.6 Å². The van der Waals surface area contributed by atoms with E-state index in [0.717, 1.165) is 55.2 Å². The fourth-order valence-corrected chi connectivity index (χ4v) is 4.35. The van der Waals surface area contributed by atoms with Crippen LogP contribution in [0.3, 0.4) is 0 Å². The van der Waals surface area contributed by atoms with Gasteiger partial charge in [0.1, 0.15) is 23.3 Å². The van der Waals surface area contributed by atoms with Gasteiger partial charge in [0.25, 0.3) is 0 Å². The van der Waals surface area contributed by atoms with E-state index in [1.807, 2.05) is 24.3 Å². The van der Waals surface area contributed by atoms with Crippen molar-refractivity contribution in [2.75, 3.05) is 48.0 Å². The number of benzene rings is 1. The maximum atomic E-state index is 11.9. The Morgan fingerprint density at radius 1 is 1.24 bits per heavy atom. The normalized spacial score (nSPS) is 17.7. The van der Waals surface area contributed by atoms with Gasteiger partial charge in [-0.2, -0.15) is 14.9 Å². The highest BCUT2D eigenvalue weighted by Crippen LogP contribution is 2.34. The lowest BCUT2D eigenvalue weighted by atomic mass is 10.2. The second-order valence-electron chi connectivity index (χ2n) is 9.24. The zero-order valence-corrected chi connectivity index (χ0v) is 19.7. The van der Waals surface area contributed by atoms with Crippen LogP contribution in [-0.4, -0.2) is 64.7 Å². The molecule has 3 aromatic rings. The molecule has 0 radical (unpaired) electrons. The van der Waals surface area contributed by atoms with E-state index in [9.17, 15) is 10.1 Å². The molecule has 1 saturated heterocycles. The molecular formula is C24H29N9O. The standard InChI is InChI=1S/C24H29N9O/c1-15(34)27-20-10-18(6-7-21(20)32-9-8-19(14-32)31(2)3)28-22-11-23(29-17-4-5-17)33-24(30-22)16(12-25)13-26-33/h6-7,10-11,13,17,19,29H,4-5,8-9,14H2,1-3H3,(H,27,34)(H,28,30)/t19-/m0/s1. The molecule has 1 atom stereocenters. The highest BCUT2D eigenvalue weighted by molar-refractivity contribution is 5.94. The lowest BCUT2D eigenvalue weighted by Gasteiger charge is -2.24. The summed E-state index contributed by atoms with van der Waals surface area (Å²) in [6, 6.07) is 10.9. The molecule has 3 N–H and O–H groups in total. The molecule has 0 unspecified atom stereocenters. The van der Waals surface area contributed by atoms with Crippen molar-refractivity contribution in [1.29, 1.82) is 5.26 Å². The van der Waals surface area contributed by atoms with Gasteiger partial charge in [0, 0.05) is 43.9 Å². The summed E-state index contributed by atoms with van der Waals surface area (Å²) in [4.78, 5) is 21.1. The first-order valence-corrected chi connectivity index (χ1v) is 11.6. The molecule has 10 nitrogen and oxygen atoms in total. The minimum absolute atomic E-state index is 0.116. The third-order valence-electron chi connectivity index (χ3n) is 6.34. The van der Waals surface area contributed by atoms with Crippen molar-refractivity contribution in [3.8, 4) is 6.07 Å². The summed E-state index contributed by atoms with van der Waals surface area (Å²) in [5, 5.41) is 23.6. The maximum absolute atomic E-state index is 11.9. The van der Waals surface area contributed by atoms with Crippen LogP contribution in [0.5, 0.6) is 0 Å². The van der Waals surface area contributed by atoms with Crippen LogP contribution in [0.25, 0.3) is 5.65 Å². The predicted molar refractivity (Wildman–Crippen MR) is 133 cm³/mol. The highest BCUT2D eigenvalue weighted by atomic mass is 16.1. The molecule has 1 aliphatic heterocycles. The van der Waals surface area contributed by atoms with E-state index >= 15 is 0 Å². The quantitative estimate of drug-likeness (QED) is 0.494. The van der Waals surface area contributed by atoms with Crippen LogP contribution in [0.1, 0.15) is 31.7 Å². The number of rotatable bonds is 7. The number of hydrogen-bond acceptors (Lipinski definition) is 8. The van der Waals surface area contributed by atoms with E-state index in [0.29, 0.717) is 29.1 Å². The fourth-order valence-electron chi connectivity index (χ4n) is 4.35. The van der Waals surface area contributed by atoms with Crippen molar-refractivity contribution in [3.63, 3.8) is 0 Å². The number of carbonyl (C=O) groups is 1. The molecular weight excluding hydrogens is 430 g/mol. The Hall–Kier alpha value is -3.84. The van der Waals surface area contributed by atoms with Crippen LogP contribution in [0.4, 0.5) is 28.7 Å². The third kappa shape index (κ3) is 4.47. The number of amides is 1. The predicted octanol–water partition coefficient (Wildman–Crippen LogP) is 3.02. The lowest BCUT2D eigenvalue weighted by molar-refractivity contribution is -0.114. The van der Waals surface area contributed by atoms with Gasteiger partial charge in [-0.1, -0.05) is 0 Å². The number of nitrogens with one attached hydrogen (secondary N) is 3. The van der Waals surface area contributed by atoms with Crippen LogP contribution in [0.2, 0.25) is 0 Å². The number of aromatic nitrogens is 3. The largest absolute Gasteiger partial charge is 0.368 e. The van der Waals surface area contributed by atoms with Gasteiger partial charge >= 0.3 is 0 Å². The molecule has 1 aromatic carbocycles. The molecule has 1 aliphatic carbocycles. The Kier molecular flexibility index (Phi) is 5.71. The van der Waals surface area contributed by atoms with Gasteiger partial charge in [-0.25, -0.2) is 4.98 Å². The summed E-state index contributed by atoms with van der Waals surface area (Å²) in [7, 11) is 4.20. The Bertz CT molecular complexity index is 1270. The van der Waals surface area contributed by atoms with Crippen LogP contribution < -0.4 is 20.9 Å². The SMILES string of the molecule is CC(=O)Nc1cc(Nc2cc(NC3CC3)n3ncc(C#N)c3n2)ccc1N1CC[C@H](N(C)C)C1. The molecule has 1 amide bonds. The van der Waals surface area contributed by atoms with E-state index < -0.39 is 0 Å². The minimum atomic E-state index is -0.116. The van der Waals surface area contributed by atoms with Crippen LogP contribution in [0.15, 0.2) is 30.5 Å². The maximum Gasteiger partial charge on any atom is 0.221 e. The van der Waals surface area contributed by atoms with Gasteiger partial charge in [-0.3, -0.25) is 4.79 Å². The van der Waals surface area contributed by atoms with Crippen LogP contribution in [-0.2, 0) is 4.79 Å². The van der Waals surface area contributed by atoms with Gasteiger partial charge in [-0.15, -0.1) is 0 Å². The number of nitrogens with zero attached hydrogens (tertiary/aromatic N) is 6. The molecule has 176 valence electrons. The summed E-state index contributed by atoms with van der Waals surface area (Å²) in [6.45, 7) is 3.37. The van der Waals surface area contributed by atoms with Crippen molar-refractivity contribution in [2.24, 2.45) is 0 Å². The number of anilines is 5. The Balaban J connectivity index is 1.46. The average molecular weight is 460 g/mol. The molecule has 2 aliphatic rings. The fraction of sp³-hybridized carbons (Fsp3) is 0.417. The van der Waals surface area contributed by atoms with Crippen molar-refractivity contribution in [1.82, 2.24) is 19.5 Å². The van der Waals surface area contributed by atoms with Gasteiger partial charge < -0.3 is 25.8 Å². The zero-order chi connectivity index (χ0) is 23.8. The Labute approximate surface area is 198 Å². The molecule has 1 saturated carbocycles. The molecule has 34 heavy (non-hydrogen) atoms. The smallest absolute Gasteiger partial charge is 0.221 e. The number of nitriles is 1. The van der Waals surface area contributed by atoms with E-state index in [2.05, 4.69) is 56.0 Å². The molecule has 2 aromatic heterocycles. The van der Waals surface area contributed by atoms with Crippen LogP contribution in [0, 0.1) is 11.3 Å². The first-order valence-electron chi connectivity index (χ1n) is 11.6. The molecule has 3 heterocycles. The van der Waals surface area contributed by atoms with E-state index in [-0.39, 0.29) is 5.91 Å². The summed E-state index contributed by atoms with van der Waals surface area (Å²) in [5.41, 5.74) is 3.48. The Morgan fingerprint density at radius 3 is 2.74 bits per heavy atom. The van der Waals surface area contributed by atoms with Gasteiger partial charge in [0.2, 0.25) is 5.91 Å². The third-order valence-corrected chi connectivity index (χ3v) is 6.34. The topological polar surface area (TPSA) is 114 Å². The second-order valence-corrected chi connectivity index (χ2v) is 9.24. The summed E-state index contributed by atoms with van der Waals surface area (Å²) < 4.78 is 1.67. The van der Waals surface area contributed by atoms with E-state index in [1.165, 1.54) is 13.1 Å². The van der Waals surface area contributed by atoms with E-state index in [4.69, 9.17) is 0 Å². The molecule has 2 fully saturated rings. The summed E-state index contributed by atoms with van der Waals surface area (Å²) in [5.74, 6) is 1.28. The monoisotopic (exact) mass is 459 g/mol. The number of hydrogen-bond donors (Lipinski definition) is 3. The molecule has 0 spiro atoms. The highest BCUT2D eigenvalue weighted by Gasteiger charge is 2.26. The van der Waals surface area contributed by atoms with Crippen molar-refractivity contribution in [2.45, 2.75) is 38.3 Å². The summed E-state index contributed by atoms with van der Waals surface area (Å²) >= 11 is 0. The molecule has 0 bridgehead atoms. The minimum Gasteiger partial charge on any atom is -0.368 e. The van der Waals surface area contributed by atoms with Crippen molar-refractivity contribution in [3.05, 3.63) is 36.0 Å². The number of likely N-dealkylation sites (N-methyl/N-ethyl adjacent to an activating group) is 1. The van der Waals surface area contributed by atoms with E-state index in [1.54, 1.807) is 4.52 Å². The molecule has 5 rings (SSSR count).